The van der Waals surface area contributed by atoms with Crippen molar-refractivity contribution < 1.29 is 14.3 Å². The first-order valence-electron chi connectivity index (χ1n) is 11.0. The lowest BCUT2D eigenvalue weighted by Crippen LogP contribution is -2.51. The first-order chi connectivity index (χ1) is 15.2. The fourth-order valence-electron chi connectivity index (χ4n) is 4.12. The molecule has 1 aromatic carbocycles. The molecule has 0 aliphatic carbocycles. The van der Waals surface area contributed by atoms with Crippen molar-refractivity contribution in [2.75, 3.05) is 45.9 Å². The molecule has 0 atom stereocenters. The number of benzene rings is 1. The number of hydrogen-bond acceptors (Lipinski definition) is 5. The standard InChI is InChI=1S/C24H30N4O3/c29-23(27-12-14-28(15-13-27)24(30)22-4-3-9-25-16-22)19-31-18-21-7-5-20(6-8-21)17-26-10-1-2-11-26/h3-9,16H,1-2,10-15,17-19H2. The van der Waals surface area contributed by atoms with E-state index < -0.39 is 0 Å². The molecule has 0 unspecified atom stereocenters. The van der Waals surface area contributed by atoms with Gasteiger partial charge in [0.05, 0.1) is 12.2 Å². The van der Waals surface area contributed by atoms with Crippen molar-refractivity contribution in [1.29, 1.82) is 0 Å². The van der Waals surface area contributed by atoms with Gasteiger partial charge in [-0.2, -0.15) is 0 Å². The minimum atomic E-state index is -0.0374. The summed E-state index contributed by atoms with van der Waals surface area (Å²) in [4.78, 5) is 35.0. The van der Waals surface area contributed by atoms with E-state index in [4.69, 9.17) is 4.74 Å². The maximum atomic E-state index is 12.5. The topological polar surface area (TPSA) is 66.0 Å². The van der Waals surface area contributed by atoms with Crippen LogP contribution in [-0.2, 0) is 22.7 Å². The average molecular weight is 423 g/mol. The molecule has 0 spiro atoms. The number of ether oxygens (including phenoxy) is 1. The molecule has 164 valence electrons. The van der Waals surface area contributed by atoms with E-state index in [2.05, 4.69) is 34.1 Å². The lowest BCUT2D eigenvalue weighted by atomic mass is 10.1. The van der Waals surface area contributed by atoms with Crippen molar-refractivity contribution in [3.05, 3.63) is 65.5 Å². The summed E-state index contributed by atoms with van der Waals surface area (Å²) in [6.07, 6.45) is 5.83. The third-order valence-corrected chi connectivity index (χ3v) is 5.95. The van der Waals surface area contributed by atoms with Gasteiger partial charge in [-0.15, -0.1) is 0 Å². The lowest BCUT2D eigenvalue weighted by Gasteiger charge is -2.34. The number of hydrogen-bond donors (Lipinski definition) is 0. The molecule has 2 saturated heterocycles. The van der Waals surface area contributed by atoms with Crippen LogP contribution < -0.4 is 0 Å². The predicted molar refractivity (Wildman–Crippen MR) is 117 cm³/mol. The monoisotopic (exact) mass is 422 g/mol. The maximum Gasteiger partial charge on any atom is 0.255 e. The van der Waals surface area contributed by atoms with E-state index in [0.717, 1.165) is 12.1 Å². The molecular weight excluding hydrogens is 392 g/mol. The number of nitrogens with zero attached hydrogens (tertiary/aromatic N) is 4. The molecule has 2 aliphatic heterocycles. The van der Waals surface area contributed by atoms with Gasteiger partial charge in [-0.25, -0.2) is 0 Å². The number of carbonyl (C=O) groups is 2. The van der Waals surface area contributed by atoms with Gasteiger partial charge in [0.25, 0.3) is 5.91 Å². The number of piperazine rings is 1. The molecule has 1 aromatic heterocycles. The van der Waals surface area contributed by atoms with E-state index in [1.807, 2.05) is 0 Å². The average Bonchev–Trinajstić information content (AvgIpc) is 3.33. The molecule has 3 heterocycles. The highest BCUT2D eigenvalue weighted by Gasteiger charge is 2.24. The SMILES string of the molecule is O=C(COCc1ccc(CN2CCCC2)cc1)N1CCN(C(=O)c2cccnc2)CC1. The first kappa shape index (κ1) is 21.5. The summed E-state index contributed by atoms with van der Waals surface area (Å²) < 4.78 is 5.66. The Labute approximate surface area is 183 Å². The molecule has 2 aliphatic rings. The molecule has 2 amide bonds. The molecular formula is C24H30N4O3. The van der Waals surface area contributed by atoms with Crippen LogP contribution in [0.1, 0.15) is 34.3 Å². The molecule has 7 heteroatoms. The quantitative estimate of drug-likeness (QED) is 0.684. The van der Waals surface area contributed by atoms with Crippen LogP contribution in [0, 0.1) is 0 Å². The minimum Gasteiger partial charge on any atom is -0.367 e. The number of likely N-dealkylation sites (tertiary alicyclic amines) is 1. The summed E-state index contributed by atoms with van der Waals surface area (Å²) in [5.74, 6) is -0.0660. The lowest BCUT2D eigenvalue weighted by molar-refractivity contribution is -0.138. The zero-order valence-corrected chi connectivity index (χ0v) is 17.9. The van der Waals surface area contributed by atoms with E-state index in [9.17, 15) is 9.59 Å². The van der Waals surface area contributed by atoms with Crippen LogP contribution in [0.25, 0.3) is 0 Å². The second-order valence-corrected chi connectivity index (χ2v) is 8.21. The van der Waals surface area contributed by atoms with Gasteiger partial charge >= 0.3 is 0 Å². The van der Waals surface area contributed by atoms with Crippen LogP contribution in [0.4, 0.5) is 0 Å². The van der Waals surface area contributed by atoms with E-state index in [1.54, 1.807) is 34.3 Å². The summed E-state index contributed by atoms with van der Waals surface area (Å²) in [5.41, 5.74) is 2.97. The number of rotatable bonds is 7. The van der Waals surface area contributed by atoms with Gasteiger partial charge in [-0.05, 0) is 49.2 Å². The molecule has 0 bridgehead atoms. The zero-order valence-electron chi connectivity index (χ0n) is 17.9. The number of aromatic nitrogens is 1. The second kappa shape index (κ2) is 10.5. The van der Waals surface area contributed by atoms with Gasteiger partial charge in [0.2, 0.25) is 5.91 Å². The highest BCUT2D eigenvalue weighted by molar-refractivity contribution is 5.94. The third kappa shape index (κ3) is 5.89. The van der Waals surface area contributed by atoms with Crippen molar-refractivity contribution in [2.24, 2.45) is 0 Å². The van der Waals surface area contributed by atoms with Crippen molar-refractivity contribution in [3.8, 4) is 0 Å². The Kier molecular flexibility index (Phi) is 7.27. The maximum absolute atomic E-state index is 12.5. The smallest absolute Gasteiger partial charge is 0.255 e. The molecule has 2 fully saturated rings. The highest BCUT2D eigenvalue weighted by atomic mass is 16.5. The van der Waals surface area contributed by atoms with Crippen LogP contribution in [-0.4, -0.2) is 77.4 Å². The fraction of sp³-hybridized carbons (Fsp3) is 0.458. The van der Waals surface area contributed by atoms with E-state index >= 15 is 0 Å². The van der Waals surface area contributed by atoms with Gasteiger partial charge in [-0.1, -0.05) is 24.3 Å². The molecule has 2 aromatic rings. The Morgan fingerprint density at radius 1 is 0.871 bits per heavy atom. The van der Waals surface area contributed by atoms with E-state index in [-0.39, 0.29) is 18.4 Å². The fourth-order valence-corrected chi connectivity index (χ4v) is 4.12. The Morgan fingerprint density at radius 2 is 1.55 bits per heavy atom. The Hall–Kier alpha value is -2.77. The van der Waals surface area contributed by atoms with Crippen LogP contribution in [0.3, 0.4) is 0 Å². The highest BCUT2D eigenvalue weighted by Crippen LogP contribution is 2.14. The van der Waals surface area contributed by atoms with Crippen molar-refractivity contribution >= 4 is 11.8 Å². The second-order valence-electron chi connectivity index (χ2n) is 8.21. The van der Waals surface area contributed by atoms with Crippen LogP contribution in [0.5, 0.6) is 0 Å². The molecule has 0 N–H and O–H groups in total. The third-order valence-electron chi connectivity index (χ3n) is 5.95. The molecule has 0 radical (unpaired) electrons. The van der Waals surface area contributed by atoms with Gasteiger partial charge in [0.1, 0.15) is 6.61 Å². The summed E-state index contributed by atoms with van der Waals surface area (Å²) >= 11 is 0. The van der Waals surface area contributed by atoms with E-state index in [0.29, 0.717) is 38.3 Å². The van der Waals surface area contributed by atoms with Gasteiger partial charge in [-0.3, -0.25) is 19.5 Å². The Balaban J connectivity index is 1.16. The number of amides is 2. The van der Waals surface area contributed by atoms with Crippen molar-refractivity contribution in [3.63, 3.8) is 0 Å². The molecule has 0 saturated carbocycles. The van der Waals surface area contributed by atoms with Crippen LogP contribution in [0.15, 0.2) is 48.8 Å². The van der Waals surface area contributed by atoms with Gasteiger partial charge < -0.3 is 14.5 Å². The minimum absolute atomic E-state index is 0.0286. The first-order valence-corrected chi connectivity index (χ1v) is 11.0. The molecule has 31 heavy (non-hydrogen) atoms. The van der Waals surface area contributed by atoms with Crippen molar-refractivity contribution in [1.82, 2.24) is 19.7 Å². The van der Waals surface area contributed by atoms with E-state index in [1.165, 1.54) is 31.5 Å². The molecule has 4 rings (SSSR count). The Bertz CT molecular complexity index is 858. The zero-order chi connectivity index (χ0) is 21.5. The molecule has 7 nitrogen and oxygen atoms in total. The van der Waals surface area contributed by atoms with Gasteiger partial charge in [0, 0.05) is 45.1 Å². The van der Waals surface area contributed by atoms with Crippen LogP contribution in [0.2, 0.25) is 0 Å². The summed E-state index contributed by atoms with van der Waals surface area (Å²) in [6.45, 7) is 5.99. The number of carbonyl (C=O) groups excluding carboxylic acids is 2. The number of pyridine rings is 1. The van der Waals surface area contributed by atoms with Crippen LogP contribution >= 0.6 is 0 Å². The normalized spacial score (nSPS) is 17.2. The summed E-state index contributed by atoms with van der Waals surface area (Å²) in [7, 11) is 0. The van der Waals surface area contributed by atoms with Gasteiger partial charge in [0.15, 0.2) is 0 Å². The summed E-state index contributed by atoms with van der Waals surface area (Å²) in [6, 6.07) is 12.0. The van der Waals surface area contributed by atoms with Crippen molar-refractivity contribution in [2.45, 2.75) is 26.0 Å². The predicted octanol–water partition coefficient (Wildman–Crippen LogP) is 2.18. The largest absolute Gasteiger partial charge is 0.367 e. The Morgan fingerprint density at radius 3 is 2.23 bits per heavy atom. The summed E-state index contributed by atoms with van der Waals surface area (Å²) in [5, 5.41) is 0.